The van der Waals surface area contributed by atoms with Gasteiger partial charge in [-0.2, -0.15) is 0 Å². The van der Waals surface area contributed by atoms with Crippen molar-refractivity contribution in [2.45, 2.75) is 40.0 Å². The Hall–Kier alpha value is -1.63. The molecule has 1 N–H and O–H groups in total. The van der Waals surface area contributed by atoms with Crippen molar-refractivity contribution in [2.24, 2.45) is 0 Å². The summed E-state index contributed by atoms with van der Waals surface area (Å²) in [5.74, 6) is -0.841. The minimum absolute atomic E-state index is 0.00648. The van der Waals surface area contributed by atoms with Gasteiger partial charge in [0.15, 0.2) is 5.13 Å². The number of carbonyl (C=O) groups excluding carboxylic acids is 1. The zero-order valence-corrected chi connectivity index (χ0v) is 14.4. The van der Waals surface area contributed by atoms with E-state index in [1.807, 2.05) is 31.1 Å². The monoisotopic (exact) mass is 327 g/mol. The summed E-state index contributed by atoms with van der Waals surface area (Å²) in [7, 11) is 0. The maximum Gasteiger partial charge on any atom is 0.305 e. The Balaban J connectivity index is 2.77. The molecule has 0 aromatic carbocycles. The second-order valence-corrected chi connectivity index (χ2v) is 6.05. The van der Waals surface area contributed by atoms with Crippen molar-refractivity contribution >= 4 is 28.3 Å². The van der Waals surface area contributed by atoms with Gasteiger partial charge in [0.05, 0.1) is 18.7 Å². The second-order valence-electron chi connectivity index (χ2n) is 5.22. The molecule has 1 rings (SSSR count). The number of hydrogen-bond acceptors (Lipinski definition) is 5. The number of aryl methyl sites for hydroxylation is 1. The summed E-state index contributed by atoms with van der Waals surface area (Å²) in [6.07, 6.45) is 1.82. The predicted molar refractivity (Wildman–Crippen MR) is 88.5 cm³/mol. The van der Waals surface area contributed by atoms with E-state index in [2.05, 4.69) is 4.98 Å². The fraction of sp³-hybridized carbons (Fsp3) is 0.667. The van der Waals surface area contributed by atoms with Gasteiger partial charge in [0.1, 0.15) is 0 Å². The van der Waals surface area contributed by atoms with Crippen LogP contribution in [0.15, 0.2) is 5.38 Å². The highest BCUT2D eigenvalue weighted by Crippen LogP contribution is 2.20. The molecular formula is C15H25N3O3S. The first-order valence-electron chi connectivity index (χ1n) is 7.64. The number of rotatable bonds is 10. The Morgan fingerprint density at radius 1 is 1.23 bits per heavy atom. The van der Waals surface area contributed by atoms with Gasteiger partial charge in [-0.15, -0.1) is 11.3 Å². The summed E-state index contributed by atoms with van der Waals surface area (Å²) in [5, 5.41) is 11.5. The van der Waals surface area contributed by atoms with Crippen molar-refractivity contribution in [3.63, 3.8) is 0 Å². The van der Waals surface area contributed by atoms with Gasteiger partial charge in [-0.3, -0.25) is 9.59 Å². The van der Waals surface area contributed by atoms with E-state index in [-0.39, 0.29) is 18.9 Å². The Morgan fingerprint density at radius 3 is 2.32 bits per heavy atom. The van der Waals surface area contributed by atoms with Crippen molar-refractivity contribution in [1.29, 1.82) is 0 Å². The van der Waals surface area contributed by atoms with Crippen LogP contribution in [0.1, 0.15) is 38.8 Å². The number of anilines is 1. The number of nitrogens with zero attached hydrogens (tertiary/aromatic N) is 3. The van der Waals surface area contributed by atoms with E-state index in [4.69, 9.17) is 5.11 Å². The van der Waals surface area contributed by atoms with E-state index in [0.29, 0.717) is 11.7 Å². The molecule has 0 bridgehead atoms. The maximum atomic E-state index is 12.5. The lowest BCUT2D eigenvalue weighted by Gasteiger charge is -2.26. The normalized spacial score (nSPS) is 10.5. The average molecular weight is 327 g/mol. The van der Waals surface area contributed by atoms with Gasteiger partial charge in [0.25, 0.3) is 0 Å². The van der Waals surface area contributed by atoms with E-state index < -0.39 is 5.97 Å². The largest absolute Gasteiger partial charge is 0.481 e. The number of carboxylic acids is 1. The van der Waals surface area contributed by atoms with Crippen LogP contribution in [0.2, 0.25) is 0 Å². The molecule has 0 unspecified atom stereocenters. The second kappa shape index (κ2) is 9.40. The van der Waals surface area contributed by atoms with Gasteiger partial charge < -0.3 is 14.9 Å². The summed E-state index contributed by atoms with van der Waals surface area (Å²) in [5.41, 5.74) is 0.881. The van der Waals surface area contributed by atoms with Crippen LogP contribution in [-0.2, 0) is 9.59 Å². The molecule has 6 nitrogen and oxygen atoms in total. The molecule has 0 aliphatic heterocycles. The number of aliphatic carboxylic acids is 1. The molecule has 0 aliphatic rings. The zero-order valence-electron chi connectivity index (χ0n) is 13.5. The molecule has 0 fully saturated rings. The topological polar surface area (TPSA) is 73.7 Å². The molecule has 22 heavy (non-hydrogen) atoms. The Bertz CT molecular complexity index is 484. The van der Waals surface area contributed by atoms with E-state index >= 15 is 0 Å². The third-order valence-corrected chi connectivity index (χ3v) is 4.16. The first kappa shape index (κ1) is 18.4. The van der Waals surface area contributed by atoms with E-state index in [9.17, 15) is 9.59 Å². The molecule has 1 amide bonds. The lowest BCUT2D eigenvalue weighted by atomic mass is 10.3. The van der Waals surface area contributed by atoms with Crippen molar-refractivity contribution in [1.82, 2.24) is 9.88 Å². The van der Waals surface area contributed by atoms with Crippen molar-refractivity contribution in [3.8, 4) is 0 Å². The molecule has 0 spiro atoms. The maximum absolute atomic E-state index is 12.5. The van der Waals surface area contributed by atoms with Crippen molar-refractivity contribution in [3.05, 3.63) is 11.1 Å². The smallest absolute Gasteiger partial charge is 0.305 e. The molecule has 0 aliphatic carbocycles. The molecule has 1 aromatic rings. The third-order valence-electron chi connectivity index (χ3n) is 3.14. The predicted octanol–water partition coefficient (Wildman–Crippen LogP) is 2.38. The number of thiazole rings is 1. The minimum atomic E-state index is -0.871. The Kier molecular flexibility index (Phi) is 7.87. The van der Waals surface area contributed by atoms with Gasteiger partial charge in [0.2, 0.25) is 5.91 Å². The highest BCUT2D eigenvalue weighted by atomic mass is 32.1. The summed E-state index contributed by atoms with van der Waals surface area (Å²) in [6.45, 7) is 7.91. The average Bonchev–Trinajstić information content (AvgIpc) is 2.89. The van der Waals surface area contributed by atoms with Crippen molar-refractivity contribution < 1.29 is 14.7 Å². The zero-order chi connectivity index (χ0) is 16.5. The molecule has 0 saturated heterocycles. The van der Waals surface area contributed by atoms with Crippen LogP contribution in [0.25, 0.3) is 0 Å². The molecule has 0 radical (unpaired) electrons. The van der Waals surface area contributed by atoms with Crippen molar-refractivity contribution in [2.75, 3.05) is 31.1 Å². The third kappa shape index (κ3) is 6.01. The standard InChI is InChI=1S/C15H25N3O3S/c1-4-7-17(8-5-2)13(19)10-18(9-6-14(20)21)15-16-12(3)11-22-15/h11H,4-10H2,1-3H3,(H,20,21). The fourth-order valence-electron chi connectivity index (χ4n) is 2.12. The number of carbonyl (C=O) groups is 2. The molecule has 7 heteroatoms. The highest BCUT2D eigenvalue weighted by molar-refractivity contribution is 7.13. The molecule has 0 atom stereocenters. The summed E-state index contributed by atoms with van der Waals surface area (Å²) in [6, 6.07) is 0. The van der Waals surface area contributed by atoms with Crippen LogP contribution in [-0.4, -0.2) is 53.0 Å². The molecule has 124 valence electrons. The van der Waals surface area contributed by atoms with E-state index in [0.717, 1.165) is 31.6 Å². The van der Waals surface area contributed by atoms with Crippen LogP contribution >= 0.6 is 11.3 Å². The van der Waals surface area contributed by atoms with Crippen LogP contribution in [0, 0.1) is 6.92 Å². The minimum Gasteiger partial charge on any atom is -0.481 e. The first-order chi connectivity index (χ1) is 10.5. The van der Waals surface area contributed by atoms with Gasteiger partial charge in [0, 0.05) is 25.0 Å². The van der Waals surface area contributed by atoms with E-state index in [1.54, 1.807) is 4.90 Å². The van der Waals surface area contributed by atoms with Crippen LogP contribution in [0.3, 0.4) is 0 Å². The number of aromatic nitrogens is 1. The van der Waals surface area contributed by atoms with Crippen LogP contribution in [0.4, 0.5) is 5.13 Å². The Morgan fingerprint density at radius 2 is 1.86 bits per heavy atom. The number of hydrogen-bond donors (Lipinski definition) is 1. The van der Waals surface area contributed by atoms with Gasteiger partial charge in [-0.05, 0) is 19.8 Å². The van der Waals surface area contributed by atoms with Crippen LogP contribution in [0.5, 0.6) is 0 Å². The lowest BCUT2D eigenvalue weighted by molar-refractivity contribution is -0.137. The lowest BCUT2D eigenvalue weighted by Crippen LogP contribution is -2.42. The molecule has 0 saturated carbocycles. The highest BCUT2D eigenvalue weighted by Gasteiger charge is 2.19. The van der Waals surface area contributed by atoms with Gasteiger partial charge >= 0.3 is 5.97 Å². The Labute approximate surface area is 135 Å². The first-order valence-corrected chi connectivity index (χ1v) is 8.52. The number of amides is 1. The van der Waals surface area contributed by atoms with Gasteiger partial charge in [-0.25, -0.2) is 4.98 Å². The summed E-state index contributed by atoms with van der Waals surface area (Å²) < 4.78 is 0. The molecule has 1 aromatic heterocycles. The molecule has 1 heterocycles. The van der Waals surface area contributed by atoms with E-state index in [1.165, 1.54) is 11.3 Å². The fourth-order valence-corrected chi connectivity index (χ4v) is 2.95. The summed E-state index contributed by atoms with van der Waals surface area (Å²) in [4.78, 5) is 31.3. The molecular weight excluding hydrogens is 302 g/mol. The quantitative estimate of drug-likeness (QED) is 0.714. The van der Waals surface area contributed by atoms with Crippen LogP contribution < -0.4 is 4.90 Å². The SMILES string of the molecule is CCCN(CCC)C(=O)CN(CCC(=O)O)c1nc(C)cs1. The van der Waals surface area contributed by atoms with Gasteiger partial charge in [-0.1, -0.05) is 13.8 Å². The number of carboxylic acid groups (broad SMARTS) is 1. The summed E-state index contributed by atoms with van der Waals surface area (Å²) >= 11 is 1.44.